The summed E-state index contributed by atoms with van der Waals surface area (Å²) >= 11 is 0. The molecule has 0 radical (unpaired) electrons. The second-order valence-electron chi connectivity index (χ2n) is 5.81. The average molecular weight is 306 g/mol. The third-order valence-electron chi connectivity index (χ3n) is 4.16. The van der Waals surface area contributed by atoms with E-state index in [0.717, 1.165) is 38.0 Å². The van der Waals surface area contributed by atoms with Crippen molar-refractivity contribution in [3.63, 3.8) is 0 Å². The Labute approximate surface area is 132 Å². The van der Waals surface area contributed by atoms with Crippen LogP contribution in [0.25, 0.3) is 0 Å². The van der Waals surface area contributed by atoms with Crippen molar-refractivity contribution in [2.45, 2.75) is 39.3 Å². The van der Waals surface area contributed by atoms with E-state index in [-0.39, 0.29) is 6.09 Å². The van der Waals surface area contributed by atoms with Gasteiger partial charge >= 0.3 is 6.09 Å². The Morgan fingerprint density at radius 3 is 3.18 bits per heavy atom. The van der Waals surface area contributed by atoms with Crippen LogP contribution in [0, 0.1) is 5.92 Å². The van der Waals surface area contributed by atoms with Gasteiger partial charge in [-0.3, -0.25) is 0 Å². The highest BCUT2D eigenvalue weighted by atomic mass is 16.6. The lowest BCUT2D eigenvalue weighted by molar-refractivity contribution is 0.0830. The van der Waals surface area contributed by atoms with Gasteiger partial charge in [-0.25, -0.2) is 9.78 Å². The van der Waals surface area contributed by atoms with Crippen molar-refractivity contribution >= 4 is 11.9 Å². The van der Waals surface area contributed by atoms with Crippen molar-refractivity contribution in [1.29, 1.82) is 0 Å². The molecule has 2 rings (SSSR count). The number of nitrogens with one attached hydrogen (secondary N) is 1. The highest BCUT2D eigenvalue weighted by Gasteiger charge is 2.27. The lowest BCUT2D eigenvalue weighted by atomic mass is 9.91. The summed E-state index contributed by atoms with van der Waals surface area (Å²) in [6.45, 7) is 6.74. The van der Waals surface area contributed by atoms with E-state index < -0.39 is 0 Å². The number of piperidine rings is 1. The quantitative estimate of drug-likeness (QED) is 0.870. The Kier molecular flexibility index (Phi) is 6.00. The van der Waals surface area contributed by atoms with Crippen LogP contribution in [0.15, 0.2) is 18.3 Å². The number of likely N-dealkylation sites (tertiary alicyclic amines) is 1. The number of nitrogens with zero attached hydrogens (tertiary/aromatic N) is 2. The van der Waals surface area contributed by atoms with Gasteiger partial charge < -0.3 is 20.7 Å². The molecule has 0 spiro atoms. The van der Waals surface area contributed by atoms with Crippen LogP contribution >= 0.6 is 0 Å². The highest BCUT2D eigenvalue weighted by molar-refractivity contribution is 5.67. The van der Waals surface area contributed by atoms with Gasteiger partial charge in [0.05, 0.1) is 6.61 Å². The van der Waals surface area contributed by atoms with E-state index in [4.69, 9.17) is 10.5 Å². The average Bonchev–Trinajstić information content (AvgIpc) is 2.53. The molecule has 0 saturated carbocycles. The Hall–Kier alpha value is -1.82. The normalized spacial score (nSPS) is 19.7. The van der Waals surface area contributed by atoms with Crippen LogP contribution in [-0.4, -0.2) is 41.7 Å². The van der Waals surface area contributed by atoms with Crippen molar-refractivity contribution in [3.8, 4) is 0 Å². The van der Waals surface area contributed by atoms with Crippen molar-refractivity contribution in [3.05, 3.63) is 23.9 Å². The Balaban J connectivity index is 1.83. The largest absolute Gasteiger partial charge is 0.450 e. The van der Waals surface area contributed by atoms with Crippen molar-refractivity contribution < 1.29 is 9.53 Å². The van der Waals surface area contributed by atoms with Gasteiger partial charge in [-0.2, -0.15) is 0 Å². The van der Waals surface area contributed by atoms with Crippen molar-refractivity contribution in [2.24, 2.45) is 5.92 Å². The molecule has 1 aliphatic heterocycles. The maximum absolute atomic E-state index is 11.8. The molecule has 2 heterocycles. The van der Waals surface area contributed by atoms with E-state index in [1.54, 1.807) is 6.20 Å². The molecule has 122 valence electrons. The van der Waals surface area contributed by atoms with Crippen molar-refractivity contribution in [1.82, 2.24) is 15.2 Å². The fourth-order valence-electron chi connectivity index (χ4n) is 2.85. The van der Waals surface area contributed by atoms with Gasteiger partial charge in [-0.1, -0.05) is 0 Å². The van der Waals surface area contributed by atoms with Gasteiger partial charge in [0.15, 0.2) is 0 Å². The monoisotopic (exact) mass is 306 g/mol. The Morgan fingerprint density at radius 2 is 2.45 bits per heavy atom. The number of carbonyl (C=O) groups is 1. The maximum atomic E-state index is 11.8. The number of rotatable bonds is 5. The number of anilines is 1. The molecule has 1 aromatic heterocycles. The maximum Gasteiger partial charge on any atom is 0.409 e. The summed E-state index contributed by atoms with van der Waals surface area (Å²) in [5, 5.41) is 3.53. The molecular weight excluding hydrogens is 280 g/mol. The molecule has 3 N–H and O–H groups in total. The predicted octanol–water partition coefficient (Wildman–Crippen LogP) is 2.01. The van der Waals surface area contributed by atoms with Gasteiger partial charge in [-0.15, -0.1) is 0 Å². The standard InChI is InChI=1S/C16H26N4O2/c1-3-22-16(21)20-8-4-5-14(11-20)12(2)19-10-13-6-7-18-15(17)9-13/h6-7,9,12,14,19H,3-5,8,10-11H2,1-2H3,(H2,17,18)/t12-,14-/m0/s1. The number of carbonyl (C=O) groups excluding carboxylic acids is 1. The van der Waals surface area contributed by atoms with E-state index in [2.05, 4.69) is 17.2 Å². The van der Waals surface area contributed by atoms with Crippen molar-refractivity contribution in [2.75, 3.05) is 25.4 Å². The summed E-state index contributed by atoms with van der Waals surface area (Å²) < 4.78 is 5.10. The number of nitrogens with two attached hydrogens (primary N) is 1. The SMILES string of the molecule is CCOC(=O)N1CCC[C@H]([C@H](C)NCc2ccnc(N)c2)C1. The molecule has 22 heavy (non-hydrogen) atoms. The van der Waals surface area contributed by atoms with Gasteiger partial charge in [0.25, 0.3) is 0 Å². The molecule has 6 heteroatoms. The van der Waals surface area contributed by atoms with Crippen LogP contribution in [0.2, 0.25) is 0 Å². The summed E-state index contributed by atoms with van der Waals surface area (Å²) in [6.07, 6.45) is 3.68. The summed E-state index contributed by atoms with van der Waals surface area (Å²) in [6, 6.07) is 4.17. The Morgan fingerprint density at radius 1 is 1.64 bits per heavy atom. The summed E-state index contributed by atoms with van der Waals surface area (Å²) in [5.74, 6) is 0.982. The zero-order valence-electron chi connectivity index (χ0n) is 13.4. The minimum absolute atomic E-state index is 0.193. The number of ether oxygens (including phenoxy) is 1. The van der Waals surface area contributed by atoms with Crippen LogP contribution in [0.5, 0.6) is 0 Å². The van der Waals surface area contributed by atoms with E-state index in [0.29, 0.717) is 24.4 Å². The molecule has 1 aromatic rings. The second-order valence-corrected chi connectivity index (χ2v) is 5.81. The van der Waals surface area contributed by atoms with E-state index in [1.165, 1.54) is 0 Å². The Bertz CT molecular complexity index is 495. The third kappa shape index (κ3) is 4.59. The molecule has 0 bridgehead atoms. The lowest BCUT2D eigenvalue weighted by Crippen LogP contribution is -2.46. The van der Waals surface area contributed by atoms with E-state index in [1.807, 2.05) is 24.0 Å². The number of pyridine rings is 1. The number of hydrogen-bond acceptors (Lipinski definition) is 5. The first kappa shape index (κ1) is 16.5. The van der Waals surface area contributed by atoms with Crippen LogP contribution in [0.1, 0.15) is 32.3 Å². The molecule has 1 saturated heterocycles. The molecule has 0 unspecified atom stereocenters. The molecular formula is C16H26N4O2. The van der Waals surface area contributed by atoms with E-state index >= 15 is 0 Å². The van der Waals surface area contributed by atoms with Gasteiger partial charge in [0.1, 0.15) is 5.82 Å². The third-order valence-corrected chi connectivity index (χ3v) is 4.16. The topological polar surface area (TPSA) is 80.5 Å². The van der Waals surface area contributed by atoms with Gasteiger partial charge in [-0.05, 0) is 50.3 Å². The van der Waals surface area contributed by atoms with Gasteiger partial charge in [0.2, 0.25) is 0 Å². The minimum atomic E-state index is -0.193. The number of hydrogen-bond donors (Lipinski definition) is 2. The summed E-state index contributed by atoms with van der Waals surface area (Å²) in [4.78, 5) is 17.7. The van der Waals surface area contributed by atoms with Crippen LogP contribution in [0.3, 0.4) is 0 Å². The molecule has 1 aliphatic rings. The number of nitrogen functional groups attached to an aromatic ring is 1. The fourth-order valence-corrected chi connectivity index (χ4v) is 2.85. The molecule has 0 aliphatic carbocycles. The molecule has 6 nitrogen and oxygen atoms in total. The number of aromatic nitrogens is 1. The molecule has 0 aromatic carbocycles. The zero-order valence-corrected chi connectivity index (χ0v) is 13.4. The summed E-state index contributed by atoms with van der Waals surface area (Å²) in [7, 11) is 0. The summed E-state index contributed by atoms with van der Waals surface area (Å²) in [5.41, 5.74) is 6.81. The smallest absolute Gasteiger partial charge is 0.409 e. The minimum Gasteiger partial charge on any atom is -0.450 e. The highest BCUT2D eigenvalue weighted by Crippen LogP contribution is 2.20. The first-order valence-electron chi connectivity index (χ1n) is 7.95. The zero-order chi connectivity index (χ0) is 15.9. The predicted molar refractivity (Wildman–Crippen MR) is 86.3 cm³/mol. The lowest BCUT2D eigenvalue weighted by Gasteiger charge is -2.35. The van der Waals surface area contributed by atoms with Gasteiger partial charge in [0, 0.05) is 31.9 Å². The van der Waals surface area contributed by atoms with Crippen LogP contribution < -0.4 is 11.1 Å². The second kappa shape index (κ2) is 7.98. The molecule has 1 fully saturated rings. The van der Waals surface area contributed by atoms with Crippen LogP contribution in [0.4, 0.5) is 10.6 Å². The number of amides is 1. The first-order chi connectivity index (χ1) is 10.6. The van der Waals surface area contributed by atoms with E-state index in [9.17, 15) is 4.79 Å². The fraction of sp³-hybridized carbons (Fsp3) is 0.625. The molecule has 2 atom stereocenters. The first-order valence-corrected chi connectivity index (χ1v) is 7.95. The van der Waals surface area contributed by atoms with Crippen LogP contribution in [-0.2, 0) is 11.3 Å². The molecule has 1 amide bonds.